The van der Waals surface area contributed by atoms with Crippen LogP contribution >= 0.6 is 24.0 Å². The third kappa shape index (κ3) is 7.99. The molecule has 2 rings (SSSR count). The van der Waals surface area contributed by atoms with E-state index in [1.807, 2.05) is 7.05 Å². The van der Waals surface area contributed by atoms with E-state index in [1.54, 1.807) is 0 Å². The molecule has 2 aliphatic rings. The topological polar surface area (TPSA) is 42.9 Å². The summed E-state index contributed by atoms with van der Waals surface area (Å²) in [5.74, 6) is 1.73. The molecule has 0 aromatic rings. The van der Waals surface area contributed by atoms with Crippen LogP contribution in [0, 0.1) is 5.92 Å². The predicted molar refractivity (Wildman–Crippen MR) is 119 cm³/mol. The van der Waals surface area contributed by atoms with Crippen molar-refractivity contribution in [1.29, 1.82) is 0 Å². The van der Waals surface area contributed by atoms with Crippen molar-refractivity contribution in [3.8, 4) is 0 Å². The standard InChI is InChI=1S/C19H39N5.HI/c1-5-10-23-12-8-18(9-13-23)22-19(20-4)21-14-17-7-6-11-24(15-17)16(2)3;/h16-18H,5-15H2,1-4H3,(H2,20,21,22);1H. The van der Waals surface area contributed by atoms with Crippen LogP contribution in [0.2, 0.25) is 0 Å². The second kappa shape index (κ2) is 12.3. The van der Waals surface area contributed by atoms with Gasteiger partial charge in [0.05, 0.1) is 0 Å². The van der Waals surface area contributed by atoms with E-state index in [0.29, 0.717) is 12.1 Å². The van der Waals surface area contributed by atoms with E-state index in [1.165, 1.54) is 64.8 Å². The van der Waals surface area contributed by atoms with E-state index >= 15 is 0 Å². The van der Waals surface area contributed by atoms with Gasteiger partial charge in [0.25, 0.3) is 0 Å². The summed E-state index contributed by atoms with van der Waals surface area (Å²) in [4.78, 5) is 9.63. The Morgan fingerprint density at radius 3 is 2.48 bits per heavy atom. The van der Waals surface area contributed by atoms with Crippen molar-refractivity contribution in [2.75, 3.05) is 46.3 Å². The molecule has 148 valence electrons. The zero-order chi connectivity index (χ0) is 17.4. The maximum absolute atomic E-state index is 4.44. The lowest BCUT2D eigenvalue weighted by Gasteiger charge is -2.36. The van der Waals surface area contributed by atoms with Crippen LogP contribution in [-0.2, 0) is 0 Å². The number of likely N-dealkylation sites (tertiary alicyclic amines) is 2. The van der Waals surface area contributed by atoms with E-state index in [4.69, 9.17) is 0 Å². The van der Waals surface area contributed by atoms with Crippen LogP contribution in [0.15, 0.2) is 4.99 Å². The van der Waals surface area contributed by atoms with Gasteiger partial charge in [0.1, 0.15) is 0 Å². The van der Waals surface area contributed by atoms with E-state index < -0.39 is 0 Å². The van der Waals surface area contributed by atoms with Crippen molar-refractivity contribution in [3.05, 3.63) is 0 Å². The SMILES string of the molecule is CCCN1CCC(NC(=NC)NCC2CCCN(C(C)C)C2)CC1.I. The number of rotatable bonds is 6. The highest BCUT2D eigenvalue weighted by atomic mass is 127. The fourth-order valence-corrected chi connectivity index (χ4v) is 3.98. The zero-order valence-electron chi connectivity index (χ0n) is 16.8. The van der Waals surface area contributed by atoms with Gasteiger partial charge in [0.15, 0.2) is 5.96 Å². The summed E-state index contributed by atoms with van der Waals surface area (Å²) in [6, 6.07) is 1.24. The molecule has 0 radical (unpaired) electrons. The lowest BCUT2D eigenvalue weighted by atomic mass is 9.97. The van der Waals surface area contributed by atoms with Crippen molar-refractivity contribution in [3.63, 3.8) is 0 Å². The molecule has 1 atom stereocenters. The molecule has 2 heterocycles. The van der Waals surface area contributed by atoms with Crippen LogP contribution in [0.4, 0.5) is 0 Å². The van der Waals surface area contributed by atoms with Crippen molar-refractivity contribution >= 4 is 29.9 Å². The Balaban J connectivity index is 0.00000312. The normalized spacial score (nSPS) is 24.2. The fraction of sp³-hybridized carbons (Fsp3) is 0.947. The summed E-state index contributed by atoms with van der Waals surface area (Å²) in [5, 5.41) is 7.22. The van der Waals surface area contributed by atoms with Crippen molar-refractivity contribution in [2.24, 2.45) is 10.9 Å². The number of halogens is 1. The summed E-state index contributed by atoms with van der Waals surface area (Å²) in [7, 11) is 1.89. The first-order valence-corrected chi connectivity index (χ1v) is 10.1. The summed E-state index contributed by atoms with van der Waals surface area (Å²) in [5.41, 5.74) is 0. The summed E-state index contributed by atoms with van der Waals surface area (Å²) < 4.78 is 0. The Hall–Kier alpha value is -0.0800. The Morgan fingerprint density at radius 2 is 1.88 bits per heavy atom. The molecule has 0 amide bonds. The minimum atomic E-state index is 0. The molecule has 0 aromatic heterocycles. The third-order valence-corrected chi connectivity index (χ3v) is 5.53. The molecule has 0 saturated carbocycles. The number of aliphatic imine (C=N–C) groups is 1. The van der Waals surface area contributed by atoms with Gasteiger partial charge < -0.3 is 20.4 Å². The van der Waals surface area contributed by atoms with Crippen molar-refractivity contribution in [1.82, 2.24) is 20.4 Å². The van der Waals surface area contributed by atoms with Crippen LogP contribution in [0.5, 0.6) is 0 Å². The van der Waals surface area contributed by atoms with Gasteiger partial charge in [0, 0.05) is 45.3 Å². The molecule has 2 aliphatic heterocycles. The van der Waals surface area contributed by atoms with Gasteiger partial charge in [-0.05, 0) is 65.0 Å². The minimum Gasteiger partial charge on any atom is -0.356 e. The van der Waals surface area contributed by atoms with Crippen molar-refractivity contribution in [2.45, 2.75) is 65.0 Å². The fourth-order valence-electron chi connectivity index (χ4n) is 3.98. The number of hydrogen-bond donors (Lipinski definition) is 2. The van der Waals surface area contributed by atoms with Crippen LogP contribution in [0.1, 0.15) is 52.9 Å². The van der Waals surface area contributed by atoms with Crippen LogP contribution < -0.4 is 10.6 Å². The molecule has 25 heavy (non-hydrogen) atoms. The second-order valence-electron chi connectivity index (χ2n) is 7.81. The number of piperidine rings is 2. The molecule has 2 fully saturated rings. The van der Waals surface area contributed by atoms with Crippen LogP contribution in [0.3, 0.4) is 0 Å². The average molecular weight is 465 g/mol. The molecule has 0 aliphatic carbocycles. The van der Waals surface area contributed by atoms with Gasteiger partial charge in [-0.3, -0.25) is 4.99 Å². The predicted octanol–water partition coefficient (Wildman–Crippen LogP) is 2.76. The van der Waals surface area contributed by atoms with Gasteiger partial charge in [-0.1, -0.05) is 6.92 Å². The first-order valence-electron chi connectivity index (χ1n) is 10.1. The Kier molecular flexibility index (Phi) is 11.3. The zero-order valence-corrected chi connectivity index (χ0v) is 19.1. The van der Waals surface area contributed by atoms with Gasteiger partial charge in [-0.15, -0.1) is 24.0 Å². The highest BCUT2D eigenvalue weighted by molar-refractivity contribution is 14.0. The first kappa shape index (κ1) is 23.0. The van der Waals surface area contributed by atoms with E-state index in [9.17, 15) is 0 Å². The molecular weight excluding hydrogens is 425 g/mol. The Morgan fingerprint density at radius 1 is 1.16 bits per heavy atom. The maximum atomic E-state index is 4.44. The summed E-state index contributed by atoms with van der Waals surface area (Å²) in [6.07, 6.45) is 6.38. The lowest BCUT2D eigenvalue weighted by molar-refractivity contribution is 0.141. The van der Waals surface area contributed by atoms with Gasteiger partial charge in [-0.2, -0.15) is 0 Å². The molecule has 2 N–H and O–H groups in total. The Labute approximate surface area is 172 Å². The van der Waals surface area contributed by atoms with Crippen LogP contribution in [0.25, 0.3) is 0 Å². The monoisotopic (exact) mass is 465 g/mol. The quantitative estimate of drug-likeness (QED) is 0.360. The molecule has 0 bridgehead atoms. The van der Waals surface area contributed by atoms with E-state index in [2.05, 4.69) is 46.2 Å². The van der Waals surface area contributed by atoms with Gasteiger partial charge >= 0.3 is 0 Å². The van der Waals surface area contributed by atoms with Gasteiger partial charge in [-0.25, -0.2) is 0 Å². The van der Waals surface area contributed by atoms with E-state index in [-0.39, 0.29) is 24.0 Å². The second-order valence-corrected chi connectivity index (χ2v) is 7.81. The van der Waals surface area contributed by atoms with Crippen molar-refractivity contribution < 1.29 is 0 Å². The molecule has 6 heteroatoms. The molecule has 0 aromatic carbocycles. The maximum Gasteiger partial charge on any atom is 0.191 e. The Bertz CT molecular complexity index is 380. The largest absolute Gasteiger partial charge is 0.356 e. The molecule has 5 nitrogen and oxygen atoms in total. The highest BCUT2D eigenvalue weighted by Gasteiger charge is 2.23. The smallest absolute Gasteiger partial charge is 0.191 e. The molecule has 0 spiro atoms. The highest BCUT2D eigenvalue weighted by Crippen LogP contribution is 2.17. The van der Waals surface area contributed by atoms with Crippen LogP contribution in [-0.4, -0.2) is 74.2 Å². The summed E-state index contributed by atoms with van der Waals surface area (Å²) >= 11 is 0. The van der Waals surface area contributed by atoms with Gasteiger partial charge in [0.2, 0.25) is 0 Å². The molecule has 1 unspecified atom stereocenters. The molecular formula is C19H40IN5. The average Bonchev–Trinajstić information content (AvgIpc) is 2.60. The number of guanidine groups is 1. The van der Waals surface area contributed by atoms with E-state index in [0.717, 1.165) is 18.4 Å². The lowest BCUT2D eigenvalue weighted by Crippen LogP contribution is -2.50. The number of hydrogen-bond acceptors (Lipinski definition) is 3. The minimum absolute atomic E-state index is 0. The third-order valence-electron chi connectivity index (χ3n) is 5.53. The number of nitrogens with zero attached hydrogens (tertiary/aromatic N) is 3. The summed E-state index contributed by atoms with van der Waals surface area (Å²) in [6.45, 7) is 14.1. The number of nitrogens with one attached hydrogen (secondary N) is 2. The molecule has 2 saturated heterocycles. The first-order chi connectivity index (χ1) is 11.6.